The highest BCUT2D eigenvalue weighted by Gasteiger charge is 2.29. The van der Waals surface area contributed by atoms with Gasteiger partial charge in [-0.1, -0.05) is 6.92 Å². The summed E-state index contributed by atoms with van der Waals surface area (Å²) in [6.07, 6.45) is 4.95. The number of nitrogens with two attached hydrogens (primary N) is 1. The van der Waals surface area contributed by atoms with E-state index in [0.717, 1.165) is 43.9 Å². The van der Waals surface area contributed by atoms with E-state index in [1.807, 2.05) is 4.68 Å². The fourth-order valence-electron chi connectivity index (χ4n) is 2.32. The zero-order valence-corrected chi connectivity index (χ0v) is 10.6. The van der Waals surface area contributed by atoms with E-state index < -0.39 is 0 Å². The van der Waals surface area contributed by atoms with E-state index in [9.17, 15) is 0 Å². The summed E-state index contributed by atoms with van der Waals surface area (Å²) >= 11 is 0. The van der Waals surface area contributed by atoms with Crippen LogP contribution in [0, 0.1) is 0 Å². The van der Waals surface area contributed by atoms with Crippen LogP contribution in [0.4, 0.5) is 0 Å². The molecule has 2 atom stereocenters. The third-order valence-corrected chi connectivity index (χ3v) is 3.18. The molecule has 2 unspecified atom stereocenters. The number of ether oxygens (including phenoxy) is 2. The van der Waals surface area contributed by atoms with Gasteiger partial charge in [0.1, 0.15) is 0 Å². The van der Waals surface area contributed by atoms with Gasteiger partial charge < -0.3 is 15.2 Å². The second-order valence-electron chi connectivity index (χ2n) is 4.40. The van der Waals surface area contributed by atoms with Gasteiger partial charge in [-0.05, 0) is 19.3 Å². The molecule has 0 amide bonds. The van der Waals surface area contributed by atoms with Crippen molar-refractivity contribution in [1.82, 2.24) is 9.78 Å². The fourth-order valence-corrected chi connectivity index (χ4v) is 2.32. The third-order valence-electron chi connectivity index (χ3n) is 3.18. The van der Waals surface area contributed by atoms with Crippen LogP contribution in [0.15, 0.2) is 6.20 Å². The molecular formula is C12H21N3O2. The minimum absolute atomic E-state index is 0.0937. The molecule has 5 nitrogen and oxygen atoms in total. The van der Waals surface area contributed by atoms with Gasteiger partial charge >= 0.3 is 0 Å². The molecule has 96 valence electrons. The first-order chi connectivity index (χ1) is 8.27. The van der Waals surface area contributed by atoms with Crippen molar-refractivity contribution in [2.75, 3.05) is 13.7 Å². The lowest BCUT2D eigenvalue weighted by molar-refractivity contribution is 0.0867. The Morgan fingerprint density at radius 3 is 3.12 bits per heavy atom. The monoisotopic (exact) mass is 239 g/mol. The number of aromatic nitrogens is 2. The van der Waals surface area contributed by atoms with Crippen molar-refractivity contribution < 1.29 is 9.47 Å². The summed E-state index contributed by atoms with van der Waals surface area (Å²) in [5.41, 5.74) is 7.25. The number of nitrogens with zero attached hydrogens (tertiary/aromatic N) is 2. The van der Waals surface area contributed by atoms with Gasteiger partial charge in [-0.2, -0.15) is 5.10 Å². The van der Waals surface area contributed by atoms with Gasteiger partial charge in [0.15, 0.2) is 5.75 Å². The van der Waals surface area contributed by atoms with E-state index in [1.54, 1.807) is 13.3 Å². The van der Waals surface area contributed by atoms with Crippen LogP contribution in [0.25, 0.3) is 0 Å². The largest absolute Gasteiger partial charge is 0.493 e. The lowest BCUT2D eigenvalue weighted by atomic mass is 10.1. The van der Waals surface area contributed by atoms with Gasteiger partial charge in [0.25, 0.3) is 0 Å². The Hall–Kier alpha value is -1.07. The van der Waals surface area contributed by atoms with E-state index in [0.29, 0.717) is 0 Å². The van der Waals surface area contributed by atoms with Crippen LogP contribution in [0.2, 0.25) is 0 Å². The van der Waals surface area contributed by atoms with E-state index >= 15 is 0 Å². The highest BCUT2D eigenvalue weighted by atomic mass is 16.5. The molecular weight excluding hydrogens is 218 g/mol. The minimum Gasteiger partial charge on any atom is -0.493 e. The summed E-state index contributed by atoms with van der Waals surface area (Å²) in [5.74, 6) is 0.765. The highest BCUT2D eigenvalue weighted by Crippen LogP contribution is 2.30. The maximum Gasteiger partial charge on any atom is 0.161 e. The second kappa shape index (κ2) is 5.51. The van der Waals surface area contributed by atoms with Crippen molar-refractivity contribution in [3.05, 3.63) is 11.9 Å². The van der Waals surface area contributed by atoms with Gasteiger partial charge in [-0.15, -0.1) is 0 Å². The summed E-state index contributed by atoms with van der Waals surface area (Å²) in [4.78, 5) is 0. The molecule has 17 heavy (non-hydrogen) atoms. The number of hydrogen-bond acceptors (Lipinski definition) is 4. The standard InChI is InChI=1S/C12H21N3O2/c1-3-6-15-12(10(16-2)8-14-15)11(13)9-5-4-7-17-9/h8-9,11H,3-7,13H2,1-2H3. The van der Waals surface area contributed by atoms with Crippen LogP contribution in [0.3, 0.4) is 0 Å². The lowest BCUT2D eigenvalue weighted by Crippen LogP contribution is -2.28. The Kier molecular flexibility index (Phi) is 4.02. The average Bonchev–Trinajstić information content (AvgIpc) is 2.97. The maximum absolute atomic E-state index is 6.29. The van der Waals surface area contributed by atoms with Crippen LogP contribution in [0.5, 0.6) is 5.75 Å². The Morgan fingerprint density at radius 2 is 2.53 bits per heavy atom. The minimum atomic E-state index is -0.151. The summed E-state index contributed by atoms with van der Waals surface area (Å²) in [7, 11) is 1.65. The summed E-state index contributed by atoms with van der Waals surface area (Å²) in [6, 6.07) is -0.151. The molecule has 1 aliphatic heterocycles. The van der Waals surface area contributed by atoms with Crippen LogP contribution in [-0.2, 0) is 11.3 Å². The van der Waals surface area contributed by atoms with Crippen molar-refractivity contribution in [1.29, 1.82) is 0 Å². The Labute approximate surface area is 102 Å². The molecule has 1 aromatic rings. The highest BCUT2D eigenvalue weighted by molar-refractivity contribution is 5.29. The maximum atomic E-state index is 6.29. The molecule has 5 heteroatoms. The Balaban J connectivity index is 2.23. The van der Waals surface area contributed by atoms with Crippen molar-refractivity contribution in [2.45, 2.75) is 44.9 Å². The fraction of sp³-hybridized carbons (Fsp3) is 0.750. The van der Waals surface area contributed by atoms with Gasteiger partial charge in [0, 0.05) is 13.2 Å². The molecule has 1 aromatic heterocycles. The Bertz CT molecular complexity index is 359. The van der Waals surface area contributed by atoms with Gasteiger partial charge in [-0.3, -0.25) is 4.68 Å². The van der Waals surface area contributed by atoms with Crippen molar-refractivity contribution >= 4 is 0 Å². The molecule has 1 saturated heterocycles. The van der Waals surface area contributed by atoms with E-state index in [2.05, 4.69) is 12.0 Å². The van der Waals surface area contributed by atoms with Crippen LogP contribution in [-0.4, -0.2) is 29.6 Å². The molecule has 2 N–H and O–H groups in total. The zero-order valence-electron chi connectivity index (χ0n) is 10.6. The third kappa shape index (κ3) is 2.45. The van der Waals surface area contributed by atoms with Crippen LogP contribution >= 0.6 is 0 Å². The number of rotatable bonds is 5. The Morgan fingerprint density at radius 1 is 1.71 bits per heavy atom. The first-order valence-corrected chi connectivity index (χ1v) is 6.24. The normalized spacial score (nSPS) is 21.7. The molecule has 2 heterocycles. The van der Waals surface area contributed by atoms with E-state index in [-0.39, 0.29) is 12.1 Å². The molecule has 0 spiro atoms. The summed E-state index contributed by atoms with van der Waals surface area (Å²) in [6.45, 7) is 3.79. The molecule has 2 rings (SSSR count). The summed E-state index contributed by atoms with van der Waals surface area (Å²) < 4.78 is 12.9. The van der Waals surface area contributed by atoms with Gasteiger partial charge in [-0.25, -0.2) is 0 Å². The SMILES string of the molecule is CCCn1ncc(OC)c1C(N)C1CCCO1. The molecule has 0 aromatic carbocycles. The van der Waals surface area contributed by atoms with Crippen molar-refractivity contribution in [3.8, 4) is 5.75 Å². The lowest BCUT2D eigenvalue weighted by Gasteiger charge is -2.20. The van der Waals surface area contributed by atoms with Crippen molar-refractivity contribution in [3.63, 3.8) is 0 Å². The zero-order chi connectivity index (χ0) is 12.3. The van der Waals surface area contributed by atoms with E-state index in [4.69, 9.17) is 15.2 Å². The molecule has 1 aliphatic rings. The van der Waals surface area contributed by atoms with Crippen molar-refractivity contribution in [2.24, 2.45) is 5.73 Å². The first kappa shape index (κ1) is 12.4. The number of aryl methyl sites for hydroxylation is 1. The first-order valence-electron chi connectivity index (χ1n) is 6.24. The molecule has 1 fully saturated rings. The predicted molar refractivity (Wildman–Crippen MR) is 65.0 cm³/mol. The van der Waals surface area contributed by atoms with Crippen LogP contribution in [0.1, 0.15) is 37.9 Å². The molecule has 0 aliphatic carbocycles. The molecule has 0 radical (unpaired) electrons. The molecule has 0 bridgehead atoms. The summed E-state index contributed by atoms with van der Waals surface area (Å²) in [5, 5.41) is 4.33. The molecule has 0 saturated carbocycles. The topological polar surface area (TPSA) is 62.3 Å². The smallest absolute Gasteiger partial charge is 0.161 e. The van der Waals surface area contributed by atoms with Crippen LogP contribution < -0.4 is 10.5 Å². The number of methoxy groups -OCH3 is 1. The number of hydrogen-bond donors (Lipinski definition) is 1. The van der Waals surface area contributed by atoms with Gasteiger partial charge in [0.2, 0.25) is 0 Å². The quantitative estimate of drug-likeness (QED) is 0.845. The predicted octanol–water partition coefficient (Wildman–Crippen LogP) is 1.48. The van der Waals surface area contributed by atoms with E-state index in [1.165, 1.54) is 0 Å². The van der Waals surface area contributed by atoms with Gasteiger partial charge in [0.05, 0.1) is 31.1 Å². The average molecular weight is 239 g/mol. The second-order valence-corrected chi connectivity index (χ2v) is 4.40.